The molecule has 3 aromatic heterocycles. The number of aryl methyl sites for hydroxylation is 1. The number of hydrogen-bond donors (Lipinski definition) is 2. The largest absolute Gasteiger partial charge is 0.308 e. The fraction of sp³-hybridized carbons (Fsp3) is 0.190. The quantitative estimate of drug-likeness (QED) is 0.510. The number of carbonyl (C=O) groups is 1. The lowest BCUT2D eigenvalue weighted by molar-refractivity contribution is -0.118. The summed E-state index contributed by atoms with van der Waals surface area (Å²) in [6.07, 6.45) is 3.72. The molecule has 6 heteroatoms. The van der Waals surface area contributed by atoms with E-state index in [2.05, 4.69) is 51.7 Å². The lowest BCUT2D eigenvalue weighted by Crippen LogP contribution is -2.17. The van der Waals surface area contributed by atoms with Gasteiger partial charge in [0.2, 0.25) is 5.91 Å². The summed E-state index contributed by atoms with van der Waals surface area (Å²) in [5.74, 6) is 0.448. The molecule has 5 nitrogen and oxygen atoms in total. The number of benzene rings is 1. The number of hydrogen-bond acceptors (Lipinski definition) is 4. The van der Waals surface area contributed by atoms with Crippen LogP contribution in [-0.4, -0.2) is 21.1 Å². The number of aromatic amines is 1. The Bertz CT molecular complexity index is 1130. The topological polar surface area (TPSA) is 70.7 Å². The Labute approximate surface area is 161 Å². The van der Waals surface area contributed by atoms with Crippen molar-refractivity contribution in [2.24, 2.45) is 5.92 Å². The molecular weight excluding hydrogens is 356 g/mol. The SMILES string of the molecule is Cc1ccccc1-c1ccncc1-c1cc2[nH]nc(NC(=O)C(C)C)c2s1. The van der Waals surface area contributed by atoms with Crippen LogP contribution in [0.1, 0.15) is 19.4 Å². The number of anilines is 1. The molecule has 1 amide bonds. The van der Waals surface area contributed by atoms with Crippen molar-refractivity contribution in [1.82, 2.24) is 15.2 Å². The van der Waals surface area contributed by atoms with E-state index in [0.717, 1.165) is 26.2 Å². The van der Waals surface area contributed by atoms with Gasteiger partial charge in [-0.15, -0.1) is 11.3 Å². The van der Waals surface area contributed by atoms with Gasteiger partial charge in [0.05, 0.1) is 10.2 Å². The molecule has 0 saturated heterocycles. The Morgan fingerprint density at radius 2 is 1.96 bits per heavy atom. The van der Waals surface area contributed by atoms with E-state index < -0.39 is 0 Å². The van der Waals surface area contributed by atoms with Crippen LogP contribution in [0.3, 0.4) is 0 Å². The van der Waals surface area contributed by atoms with Crippen LogP contribution in [0.25, 0.3) is 31.8 Å². The summed E-state index contributed by atoms with van der Waals surface area (Å²) in [5.41, 5.74) is 5.54. The van der Waals surface area contributed by atoms with E-state index in [4.69, 9.17) is 0 Å². The first kappa shape index (κ1) is 17.4. The predicted molar refractivity (Wildman–Crippen MR) is 111 cm³/mol. The van der Waals surface area contributed by atoms with Gasteiger partial charge in [0.1, 0.15) is 0 Å². The summed E-state index contributed by atoms with van der Waals surface area (Å²) in [5, 5.41) is 10.2. The first-order valence-corrected chi connectivity index (χ1v) is 9.65. The molecule has 0 spiro atoms. The zero-order valence-corrected chi connectivity index (χ0v) is 16.2. The van der Waals surface area contributed by atoms with Gasteiger partial charge in [-0.2, -0.15) is 5.10 Å². The zero-order valence-electron chi connectivity index (χ0n) is 15.4. The fourth-order valence-corrected chi connectivity index (χ4v) is 4.07. The highest BCUT2D eigenvalue weighted by molar-refractivity contribution is 7.22. The molecule has 3 heterocycles. The Morgan fingerprint density at radius 1 is 1.15 bits per heavy atom. The predicted octanol–water partition coefficient (Wildman–Crippen LogP) is 5.26. The molecule has 27 heavy (non-hydrogen) atoms. The van der Waals surface area contributed by atoms with Crippen molar-refractivity contribution >= 4 is 33.3 Å². The molecule has 0 aliphatic heterocycles. The second kappa shape index (κ2) is 6.96. The number of carbonyl (C=O) groups excluding carboxylic acids is 1. The number of nitrogens with one attached hydrogen (secondary N) is 2. The first-order chi connectivity index (χ1) is 13.0. The summed E-state index contributed by atoms with van der Waals surface area (Å²) < 4.78 is 0.943. The smallest absolute Gasteiger partial charge is 0.228 e. The average Bonchev–Trinajstić information content (AvgIpc) is 3.24. The molecule has 0 fully saturated rings. The molecule has 2 N–H and O–H groups in total. The highest BCUT2D eigenvalue weighted by Gasteiger charge is 2.17. The van der Waals surface area contributed by atoms with Crippen molar-refractivity contribution in [1.29, 1.82) is 0 Å². The number of thiophene rings is 1. The monoisotopic (exact) mass is 376 g/mol. The Balaban J connectivity index is 1.79. The van der Waals surface area contributed by atoms with Gasteiger partial charge < -0.3 is 5.32 Å². The lowest BCUT2D eigenvalue weighted by atomic mass is 9.97. The minimum Gasteiger partial charge on any atom is -0.308 e. The van der Waals surface area contributed by atoms with Crippen LogP contribution in [0.5, 0.6) is 0 Å². The molecule has 4 rings (SSSR count). The van der Waals surface area contributed by atoms with Gasteiger partial charge in [-0.1, -0.05) is 38.1 Å². The third-order valence-corrected chi connectivity index (χ3v) is 5.70. The number of amides is 1. The van der Waals surface area contributed by atoms with Gasteiger partial charge in [0, 0.05) is 28.8 Å². The Kier molecular flexibility index (Phi) is 4.49. The molecule has 0 unspecified atom stereocenters. The minimum atomic E-state index is -0.0952. The third-order valence-electron chi connectivity index (χ3n) is 4.52. The number of H-pyrrole nitrogens is 1. The molecule has 0 aliphatic carbocycles. The van der Waals surface area contributed by atoms with E-state index >= 15 is 0 Å². The van der Waals surface area contributed by atoms with E-state index in [0.29, 0.717) is 5.82 Å². The number of nitrogens with zero attached hydrogens (tertiary/aromatic N) is 2. The number of rotatable bonds is 4. The van der Waals surface area contributed by atoms with Crippen LogP contribution in [0.4, 0.5) is 5.82 Å². The van der Waals surface area contributed by atoms with E-state index in [9.17, 15) is 4.79 Å². The van der Waals surface area contributed by atoms with Crippen molar-refractivity contribution in [3.63, 3.8) is 0 Å². The van der Waals surface area contributed by atoms with Gasteiger partial charge in [0.15, 0.2) is 5.82 Å². The van der Waals surface area contributed by atoms with Gasteiger partial charge in [-0.25, -0.2) is 0 Å². The van der Waals surface area contributed by atoms with Crippen LogP contribution in [-0.2, 0) is 4.79 Å². The van der Waals surface area contributed by atoms with Crippen molar-refractivity contribution < 1.29 is 4.79 Å². The van der Waals surface area contributed by atoms with Gasteiger partial charge in [-0.3, -0.25) is 14.9 Å². The highest BCUT2D eigenvalue weighted by atomic mass is 32.1. The second-order valence-corrected chi connectivity index (χ2v) is 7.86. The molecule has 0 saturated carbocycles. The molecule has 1 aromatic carbocycles. The fourth-order valence-electron chi connectivity index (χ4n) is 3.00. The van der Waals surface area contributed by atoms with Crippen LogP contribution in [0.15, 0.2) is 48.8 Å². The van der Waals surface area contributed by atoms with Crippen molar-refractivity contribution in [2.75, 3.05) is 5.32 Å². The van der Waals surface area contributed by atoms with Gasteiger partial charge in [0.25, 0.3) is 0 Å². The number of aromatic nitrogens is 3. The summed E-state index contributed by atoms with van der Waals surface area (Å²) in [4.78, 5) is 17.5. The molecular formula is C21H20N4OS. The van der Waals surface area contributed by atoms with E-state index in [-0.39, 0.29) is 11.8 Å². The maximum absolute atomic E-state index is 12.0. The van der Waals surface area contributed by atoms with Crippen LogP contribution >= 0.6 is 11.3 Å². The molecule has 4 aromatic rings. The molecule has 136 valence electrons. The molecule has 0 atom stereocenters. The van der Waals surface area contributed by atoms with Crippen LogP contribution < -0.4 is 5.32 Å². The van der Waals surface area contributed by atoms with Gasteiger partial charge in [-0.05, 0) is 35.7 Å². The number of fused-ring (bicyclic) bond motifs is 1. The first-order valence-electron chi connectivity index (χ1n) is 8.83. The standard InChI is InChI=1S/C21H20N4OS/c1-12(2)21(26)23-20-19-17(24-25-20)10-18(27-19)16-11-22-9-8-15(16)14-7-5-4-6-13(14)3/h4-12H,1-3H3,(H2,23,24,25,26). The average molecular weight is 376 g/mol. The Hall–Kier alpha value is -2.99. The summed E-state index contributed by atoms with van der Waals surface area (Å²) in [6, 6.07) is 12.5. The highest BCUT2D eigenvalue weighted by Crippen LogP contribution is 2.40. The minimum absolute atomic E-state index is 0.0414. The Morgan fingerprint density at radius 3 is 2.74 bits per heavy atom. The number of pyridine rings is 1. The van der Waals surface area contributed by atoms with Gasteiger partial charge >= 0.3 is 0 Å². The van der Waals surface area contributed by atoms with E-state index in [1.807, 2.05) is 38.4 Å². The van der Waals surface area contributed by atoms with Crippen molar-refractivity contribution in [2.45, 2.75) is 20.8 Å². The molecule has 0 bridgehead atoms. The van der Waals surface area contributed by atoms with Crippen molar-refractivity contribution in [3.05, 3.63) is 54.4 Å². The normalized spacial score (nSPS) is 11.3. The summed E-state index contributed by atoms with van der Waals surface area (Å²) >= 11 is 1.60. The summed E-state index contributed by atoms with van der Waals surface area (Å²) in [6.45, 7) is 5.84. The lowest BCUT2D eigenvalue weighted by Gasteiger charge is -2.10. The third kappa shape index (κ3) is 3.24. The zero-order chi connectivity index (χ0) is 19.0. The van der Waals surface area contributed by atoms with Crippen molar-refractivity contribution in [3.8, 4) is 21.6 Å². The van der Waals surface area contributed by atoms with Crippen LogP contribution in [0.2, 0.25) is 0 Å². The van der Waals surface area contributed by atoms with E-state index in [1.165, 1.54) is 11.1 Å². The maximum atomic E-state index is 12.0. The second-order valence-electron chi connectivity index (χ2n) is 6.81. The molecule has 0 aliphatic rings. The maximum Gasteiger partial charge on any atom is 0.228 e. The van der Waals surface area contributed by atoms with E-state index in [1.54, 1.807) is 11.3 Å². The molecule has 0 radical (unpaired) electrons. The van der Waals surface area contributed by atoms with Crippen LogP contribution in [0, 0.1) is 12.8 Å². The summed E-state index contributed by atoms with van der Waals surface area (Å²) in [7, 11) is 0.